The lowest BCUT2D eigenvalue weighted by atomic mass is 9.94. The number of H-pyrrole nitrogens is 1. The summed E-state index contributed by atoms with van der Waals surface area (Å²) in [5.41, 5.74) is 2.36. The number of hydrogen-bond acceptors (Lipinski definition) is 6. The zero-order valence-electron chi connectivity index (χ0n) is 21.7. The van der Waals surface area contributed by atoms with E-state index in [0.29, 0.717) is 29.4 Å². The third kappa shape index (κ3) is 4.96. The van der Waals surface area contributed by atoms with E-state index in [9.17, 15) is 19.8 Å². The van der Waals surface area contributed by atoms with Crippen molar-refractivity contribution in [3.63, 3.8) is 0 Å². The van der Waals surface area contributed by atoms with Crippen LogP contribution in [0.1, 0.15) is 29.7 Å². The number of likely N-dealkylation sites (tertiary alicyclic amines) is 1. The Morgan fingerprint density at radius 1 is 1.07 bits per heavy atom. The SMILES string of the molecule is CCOc1cc([C@@H]2C(=C(O)c3ccc(Cl)cc3Cl)C(=O)C(=O)N2CCc2c[nH]c3ccc(OC)cc23)ccc1O. The first-order valence-corrected chi connectivity index (χ1v) is 13.3. The highest BCUT2D eigenvalue weighted by molar-refractivity contribution is 6.47. The summed E-state index contributed by atoms with van der Waals surface area (Å²) in [7, 11) is 1.59. The van der Waals surface area contributed by atoms with Gasteiger partial charge in [0.05, 0.1) is 30.4 Å². The predicted molar refractivity (Wildman–Crippen MR) is 153 cm³/mol. The summed E-state index contributed by atoms with van der Waals surface area (Å²) >= 11 is 12.4. The number of nitrogens with one attached hydrogen (secondary N) is 1. The zero-order valence-corrected chi connectivity index (χ0v) is 23.2. The highest BCUT2D eigenvalue weighted by Gasteiger charge is 2.46. The molecule has 3 aromatic carbocycles. The number of rotatable bonds is 8. The number of halogens is 2. The molecule has 0 bridgehead atoms. The van der Waals surface area contributed by atoms with E-state index in [1.54, 1.807) is 26.2 Å². The second-order valence-electron chi connectivity index (χ2n) is 9.25. The van der Waals surface area contributed by atoms with Crippen molar-refractivity contribution in [3.05, 3.63) is 93.1 Å². The maximum Gasteiger partial charge on any atom is 0.295 e. The second-order valence-corrected chi connectivity index (χ2v) is 10.1. The van der Waals surface area contributed by atoms with E-state index in [4.69, 9.17) is 32.7 Å². The molecule has 206 valence electrons. The minimum atomic E-state index is -0.966. The van der Waals surface area contributed by atoms with Gasteiger partial charge in [-0.3, -0.25) is 9.59 Å². The van der Waals surface area contributed by atoms with Crippen molar-refractivity contribution in [1.29, 1.82) is 0 Å². The van der Waals surface area contributed by atoms with Crippen LogP contribution in [0.25, 0.3) is 16.7 Å². The van der Waals surface area contributed by atoms with Gasteiger partial charge in [0.25, 0.3) is 11.7 Å². The Bertz CT molecular complexity index is 1660. The number of amides is 1. The van der Waals surface area contributed by atoms with Gasteiger partial charge in [0.15, 0.2) is 11.5 Å². The first kappa shape index (κ1) is 27.4. The summed E-state index contributed by atoms with van der Waals surface area (Å²) < 4.78 is 10.9. The smallest absolute Gasteiger partial charge is 0.295 e. The molecule has 1 saturated heterocycles. The lowest BCUT2D eigenvalue weighted by molar-refractivity contribution is -0.139. The van der Waals surface area contributed by atoms with E-state index in [1.807, 2.05) is 24.4 Å². The van der Waals surface area contributed by atoms with Crippen molar-refractivity contribution in [2.75, 3.05) is 20.3 Å². The van der Waals surface area contributed by atoms with E-state index in [1.165, 1.54) is 29.2 Å². The Hall–Kier alpha value is -4.14. The number of Topliss-reactive ketones (excluding diaryl/α,β-unsaturated/α-hetero) is 1. The van der Waals surface area contributed by atoms with Gasteiger partial charge in [0.2, 0.25) is 0 Å². The van der Waals surface area contributed by atoms with Gasteiger partial charge in [-0.2, -0.15) is 0 Å². The molecule has 3 N–H and O–H groups in total. The van der Waals surface area contributed by atoms with E-state index >= 15 is 0 Å². The Morgan fingerprint density at radius 2 is 1.88 bits per heavy atom. The van der Waals surface area contributed by atoms with Gasteiger partial charge in [-0.25, -0.2) is 0 Å². The van der Waals surface area contributed by atoms with E-state index in [-0.39, 0.29) is 34.2 Å². The molecule has 10 heteroatoms. The van der Waals surface area contributed by atoms with Gasteiger partial charge < -0.3 is 29.6 Å². The highest BCUT2D eigenvalue weighted by atomic mass is 35.5. The highest BCUT2D eigenvalue weighted by Crippen LogP contribution is 2.43. The Balaban J connectivity index is 1.60. The van der Waals surface area contributed by atoms with Crippen molar-refractivity contribution in [1.82, 2.24) is 9.88 Å². The maximum atomic E-state index is 13.4. The Kier molecular flexibility index (Phi) is 7.65. The van der Waals surface area contributed by atoms with Crippen LogP contribution in [0.3, 0.4) is 0 Å². The van der Waals surface area contributed by atoms with Crippen LogP contribution in [-0.4, -0.2) is 52.0 Å². The molecule has 1 fully saturated rings. The van der Waals surface area contributed by atoms with Gasteiger partial charge in [0, 0.05) is 34.2 Å². The number of aliphatic hydroxyl groups is 1. The molecule has 0 spiro atoms. The summed E-state index contributed by atoms with van der Waals surface area (Å²) in [6.07, 6.45) is 2.27. The third-order valence-corrected chi connectivity index (χ3v) is 7.47. The van der Waals surface area contributed by atoms with Gasteiger partial charge in [-0.15, -0.1) is 0 Å². The number of fused-ring (bicyclic) bond motifs is 1. The van der Waals surface area contributed by atoms with Gasteiger partial charge >= 0.3 is 0 Å². The number of benzene rings is 3. The number of aromatic amines is 1. The first-order valence-electron chi connectivity index (χ1n) is 12.6. The number of hydrogen-bond donors (Lipinski definition) is 3. The number of phenolic OH excluding ortho intramolecular Hbond substituents is 1. The number of aromatic nitrogens is 1. The molecule has 1 aliphatic heterocycles. The van der Waals surface area contributed by atoms with Crippen molar-refractivity contribution in [2.24, 2.45) is 0 Å². The largest absolute Gasteiger partial charge is 0.507 e. The zero-order chi connectivity index (χ0) is 28.6. The molecule has 8 nitrogen and oxygen atoms in total. The number of ketones is 1. The fraction of sp³-hybridized carbons (Fsp3) is 0.200. The quantitative estimate of drug-likeness (QED) is 0.129. The predicted octanol–water partition coefficient (Wildman–Crippen LogP) is 6.25. The van der Waals surface area contributed by atoms with Crippen LogP contribution in [0.4, 0.5) is 0 Å². The summed E-state index contributed by atoms with van der Waals surface area (Å²) in [6, 6.07) is 13.8. The number of aliphatic hydroxyl groups excluding tert-OH is 1. The van der Waals surface area contributed by atoms with Crippen LogP contribution >= 0.6 is 23.2 Å². The number of carbonyl (C=O) groups excluding carboxylic acids is 2. The van der Waals surface area contributed by atoms with Crippen LogP contribution in [0.15, 0.2) is 66.4 Å². The van der Waals surface area contributed by atoms with Gasteiger partial charge in [0.1, 0.15) is 11.5 Å². The summed E-state index contributed by atoms with van der Waals surface area (Å²) in [4.78, 5) is 31.5. The molecular formula is C30H26Cl2N2O6. The van der Waals surface area contributed by atoms with Crippen LogP contribution in [0, 0.1) is 0 Å². The Labute approximate surface area is 240 Å². The fourth-order valence-electron chi connectivity index (χ4n) is 4.99. The molecule has 5 rings (SSSR count). The van der Waals surface area contributed by atoms with Crippen LogP contribution in [0.2, 0.25) is 10.0 Å². The Morgan fingerprint density at radius 3 is 2.60 bits per heavy atom. The molecule has 4 aromatic rings. The maximum absolute atomic E-state index is 13.4. The number of carbonyl (C=O) groups is 2. The minimum absolute atomic E-state index is 0.0870. The molecule has 0 radical (unpaired) electrons. The van der Waals surface area contributed by atoms with Crippen molar-refractivity contribution in [2.45, 2.75) is 19.4 Å². The molecule has 0 aliphatic carbocycles. The summed E-state index contributed by atoms with van der Waals surface area (Å²) in [5, 5.41) is 23.1. The number of phenols is 1. The van der Waals surface area contributed by atoms with Crippen molar-refractivity contribution in [3.8, 4) is 17.2 Å². The first-order chi connectivity index (χ1) is 19.2. The minimum Gasteiger partial charge on any atom is -0.507 e. The molecule has 1 amide bonds. The monoisotopic (exact) mass is 580 g/mol. The lowest BCUT2D eigenvalue weighted by Crippen LogP contribution is -2.31. The number of nitrogens with zero attached hydrogens (tertiary/aromatic N) is 1. The van der Waals surface area contributed by atoms with Gasteiger partial charge in [-0.05, 0) is 73.0 Å². The van der Waals surface area contributed by atoms with E-state index in [2.05, 4.69) is 4.98 Å². The molecule has 0 saturated carbocycles. The van der Waals surface area contributed by atoms with E-state index in [0.717, 1.165) is 16.5 Å². The number of ether oxygens (including phenoxy) is 2. The lowest BCUT2D eigenvalue weighted by Gasteiger charge is -2.26. The number of methoxy groups -OCH3 is 1. The number of aromatic hydroxyl groups is 1. The standard InChI is InChI=1S/C30H26Cl2N2O6/c1-3-40-25-12-16(4-9-24(25)35)27-26(28(36)20-7-5-18(31)13-22(20)32)29(37)30(38)34(27)11-10-17-15-33-23-8-6-19(39-2)14-21(17)23/h4-9,12-15,27,33,35-36H,3,10-11H2,1-2H3/t27-/m1/s1. The molecule has 1 aliphatic rings. The van der Waals surface area contributed by atoms with Crippen LogP contribution in [-0.2, 0) is 16.0 Å². The van der Waals surface area contributed by atoms with Crippen LogP contribution in [0.5, 0.6) is 17.2 Å². The third-order valence-electron chi connectivity index (χ3n) is 6.92. The van der Waals surface area contributed by atoms with Crippen LogP contribution < -0.4 is 9.47 Å². The molecular weight excluding hydrogens is 555 g/mol. The molecule has 1 atom stereocenters. The summed E-state index contributed by atoms with van der Waals surface area (Å²) in [5.74, 6) is -1.23. The topological polar surface area (TPSA) is 112 Å². The van der Waals surface area contributed by atoms with Gasteiger partial charge in [-0.1, -0.05) is 29.3 Å². The average molecular weight is 581 g/mol. The second kappa shape index (κ2) is 11.2. The van der Waals surface area contributed by atoms with Crippen molar-refractivity contribution < 1.29 is 29.3 Å². The fourth-order valence-corrected chi connectivity index (χ4v) is 5.49. The van der Waals surface area contributed by atoms with Crippen molar-refractivity contribution >= 4 is 51.6 Å². The molecule has 40 heavy (non-hydrogen) atoms. The average Bonchev–Trinajstić information content (AvgIpc) is 3.45. The molecule has 1 aromatic heterocycles. The summed E-state index contributed by atoms with van der Waals surface area (Å²) in [6.45, 7) is 2.23. The normalized spacial score (nSPS) is 16.6. The van der Waals surface area contributed by atoms with E-state index < -0.39 is 23.5 Å². The molecule has 2 heterocycles. The molecule has 0 unspecified atom stereocenters.